The quantitative estimate of drug-likeness (QED) is 0.450. The first-order chi connectivity index (χ1) is 16.4. The number of hydrogen-bond acceptors (Lipinski definition) is 5. The van der Waals surface area contributed by atoms with Gasteiger partial charge in [0.15, 0.2) is 0 Å². The van der Waals surface area contributed by atoms with E-state index in [0.29, 0.717) is 43.7 Å². The van der Waals surface area contributed by atoms with Crippen LogP contribution in [0.3, 0.4) is 0 Å². The second kappa shape index (κ2) is 10.5. The molecule has 0 bridgehead atoms. The van der Waals surface area contributed by atoms with Crippen molar-refractivity contribution in [2.75, 3.05) is 20.2 Å². The second-order valence-electron chi connectivity index (χ2n) is 9.08. The number of halogens is 2. The van der Waals surface area contributed by atoms with Crippen molar-refractivity contribution < 1.29 is 23.1 Å². The largest absolute Gasteiger partial charge is 0.497 e. The van der Waals surface area contributed by atoms with Crippen molar-refractivity contribution in [1.82, 2.24) is 21.5 Å². The van der Waals surface area contributed by atoms with Crippen molar-refractivity contribution in [3.05, 3.63) is 65.2 Å². The average molecular weight is 473 g/mol. The van der Waals surface area contributed by atoms with Crippen LogP contribution in [0, 0.1) is 17.6 Å². The van der Waals surface area contributed by atoms with Gasteiger partial charge in [0.05, 0.1) is 13.2 Å². The molecule has 2 aromatic carbocycles. The van der Waals surface area contributed by atoms with Gasteiger partial charge in [0.25, 0.3) is 0 Å². The van der Waals surface area contributed by atoms with E-state index in [1.165, 1.54) is 25.3 Å². The van der Waals surface area contributed by atoms with E-state index in [1.54, 1.807) is 24.3 Å². The molecule has 2 aromatic rings. The van der Waals surface area contributed by atoms with Gasteiger partial charge in [-0.25, -0.2) is 14.2 Å². The van der Waals surface area contributed by atoms with E-state index in [1.807, 2.05) is 0 Å². The summed E-state index contributed by atoms with van der Waals surface area (Å²) >= 11 is 0. The first-order valence-electron chi connectivity index (χ1n) is 11.5. The SMILES string of the molecule is COc1ccc(F)c(CC2(CCC(=O)NCC3CNNC3c3ccc(F)cc3)CCC(=O)N2)c1. The highest BCUT2D eigenvalue weighted by Crippen LogP contribution is 2.32. The summed E-state index contributed by atoms with van der Waals surface area (Å²) in [6.45, 7) is 1.11. The lowest BCUT2D eigenvalue weighted by atomic mass is 9.84. The summed E-state index contributed by atoms with van der Waals surface area (Å²) in [5.74, 6) is -0.228. The summed E-state index contributed by atoms with van der Waals surface area (Å²) in [6, 6.07) is 10.8. The van der Waals surface area contributed by atoms with Crippen LogP contribution in [0.5, 0.6) is 5.75 Å². The Bertz CT molecular complexity index is 1030. The number of rotatable bonds is 9. The summed E-state index contributed by atoms with van der Waals surface area (Å²) in [7, 11) is 1.52. The Labute approximate surface area is 197 Å². The number of methoxy groups -OCH3 is 1. The van der Waals surface area contributed by atoms with Gasteiger partial charge in [-0.2, -0.15) is 0 Å². The van der Waals surface area contributed by atoms with Gasteiger partial charge in [-0.1, -0.05) is 12.1 Å². The molecule has 0 aliphatic carbocycles. The van der Waals surface area contributed by atoms with E-state index in [2.05, 4.69) is 21.5 Å². The molecule has 2 saturated heterocycles. The third-order valence-corrected chi connectivity index (χ3v) is 6.73. The van der Waals surface area contributed by atoms with Gasteiger partial charge in [-0.3, -0.25) is 15.0 Å². The number of hydrogen-bond donors (Lipinski definition) is 4. The highest BCUT2D eigenvalue weighted by Gasteiger charge is 2.38. The normalized spacial score (nSPS) is 24.1. The van der Waals surface area contributed by atoms with E-state index < -0.39 is 5.54 Å². The Morgan fingerprint density at radius 1 is 1.21 bits per heavy atom. The number of amides is 2. The van der Waals surface area contributed by atoms with Crippen LogP contribution in [0.15, 0.2) is 42.5 Å². The number of carbonyl (C=O) groups is 2. The average Bonchev–Trinajstić information content (AvgIpc) is 3.45. The molecule has 2 fully saturated rings. The predicted molar refractivity (Wildman–Crippen MR) is 123 cm³/mol. The Kier molecular flexibility index (Phi) is 7.43. The van der Waals surface area contributed by atoms with Crippen molar-refractivity contribution in [3.8, 4) is 5.75 Å². The summed E-state index contributed by atoms with van der Waals surface area (Å²) < 4.78 is 32.9. The maximum Gasteiger partial charge on any atom is 0.220 e. The van der Waals surface area contributed by atoms with E-state index >= 15 is 0 Å². The summed E-state index contributed by atoms with van der Waals surface area (Å²) in [5.41, 5.74) is 7.00. The number of nitrogens with one attached hydrogen (secondary N) is 4. The van der Waals surface area contributed by atoms with Crippen molar-refractivity contribution in [2.45, 2.75) is 43.7 Å². The molecule has 0 spiro atoms. The van der Waals surface area contributed by atoms with Crippen LogP contribution in [0.2, 0.25) is 0 Å². The highest BCUT2D eigenvalue weighted by atomic mass is 19.1. The first kappa shape index (κ1) is 24.1. The minimum Gasteiger partial charge on any atom is -0.497 e. The van der Waals surface area contributed by atoms with E-state index in [0.717, 1.165) is 5.56 Å². The molecule has 4 rings (SSSR count). The Morgan fingerprint density at radius 2 is 2.00 bits per heavy atom. The summed E-state index contributed by atoms with van der Waals surface area (Å²) in [6.07, 6.45) is 1.80. The molecule has 3 atom stereocenters. The van der Waals surface area contributed by atoms with Crippen LogP contribution >= 0.6 is 0 Å². The van der Waals surface area contributed by atoms with Crippen LogP contribution in [-0.2, 0) is 16.0 Å². The van der Waals surface area contributed by atoms with Crippen molar-refractivity contribution in [1.29, 1.82) is 0 Å². The van der Waals surface area contributed by atoms with Crippen molar-refractivity contribution >= 4 is 11.8 Å². The van der Waals surface area contributed by atoms with Crippen LogP contribution < -0.4 is 26.2 Å². The fourth-order valence-electron chi connectivity index (χ4n) is 4.80. The number of ether oxygens (including phenoxy) is 1. The fraction of sp³-hybridized carbons (Fsp3) is 0.440. The molecule has 4 N–H and O–H groups in total. The molecule has 0 aromatic heterocycles. The summed E-state index contributed by atoms with van der Waals surface area (Å²) in [4.78, 5) is 24.7. The Morgan fingerprint density at radius 3 is 2.71 bits per heavy atom. The zero-order chi connectivity index (χ0) is 24.1. The molecular weight excluding hydrogens is 442 g/mol. The predicted octanol–water partition coefficient (Wildman–Crippen LogP) is 2.53. The van der Waals surface area contributed by atoms with E-state index in [4.69, 9.17) is 4.74 Å². The zero-order valence-electron chi connectivity index (χ0n) is 19.1. The molecule has 7 nitrogen and oxygen atoms in total. The topological polar surface area (TPSA) is 91.5 Å². The van der Waals surface area contributed by atoms with Gasteiger partial charge in [-0.15, -0.1) is 0 Å². The van der Waals surface area contributed by atoms with Crippen LogP contribution in [0.25, 0.3) is 0 Å². The standard InChI is InChI=1S/C25H30F2N4O3/c1-34-20-6-7-21(27)17(12-20)13-25(11-9-23(33)30-25)10-8-22(32)28-14-18-15-29-31-24(18)16-2-4-19(26)5-3-16/h2-7,12,18,24,29,31H,8-11,13-15H2,1H3,(H,28,32)(H,30,33). The Balaban J connectivity index is 1.34. The van der Waals surface area contributed by atoms with Gasteiger partial charge in [0.1, 0.15) is 17.4 Å². The zero-order valence-corrected chi connectivity index (χ0v) is 19.1. The third kappa shape index (κ3) is 5.71. The number of hydrazine groups is 1. The number of benzene rings is 2. The van der Waals surface area contributed by atoms with Gasteiger partial charge in [0.2, 0.25) is 11.8 Å². The fourth-order valence-corrected chi connectivity index (χ4v) is 4.80. The molecule has 0 saturated carbocycles. The monoisotopic (exact) mass is 472 g/mol. The van der Waals surface area contributed by atoms with Crippen LogP contribution in [0.1, 0.15) is 42.9 Å². The maximum absolute atomic E-state index is 14.4. The molecule has 2 heterocycles. The van der Waals surface area contributed by atoms with E-state index in [9.17, 15) is 18.4 Å². The molecule has 2 aliphatic heterocycles. The molecule has 0 radical (unpaired) electrons. The summed E-state index contributed by atoms with van der Waals surface area (Å²) in [5, 5.41) is 5.97. The molecular formula is C25H30F2N4O3. The lowest BCUT2D eigenvalue weighted by Gasteiger charge is -2.30. The van der Waals surface area contributed by atoms with Gasteiger partial charge in [0, 0.05) is 37.4 Å². The maximum atomic E-state index is 14.4. The highest BCUT2D eigenvalue weighted by molar-refractivity contribution is 5.80. The van der Waals surface area contributed by atoms with Crippen LogP contribution in [-0.4, -0.2) is 37.6 Å². The van der Waals surface area contributed by atoms with Gasteiger partial charge >= 0.3 is 0 Å². The van der Waals surface area contributed by atoms with Gasteiger partial charge < -0.3 is 15.4 Å². The molecule has 2 aliphatic rings. The lowest BCUT2D eigenvalue weighted by Crippen LogP contribution is -2.45. The molecule has 34 heavy (non-hydrogen) atoms. The third-order valence-electron chi connectivity index (χ3n) is 6.73. The molecule has 9 heteroatoms. The molecule has 182 valence electrons. The van der Waals surface area contributed by atoms with E-state index in [-0.39, 0.29) is 48.3 Å². The van der Waals surface area contributed by atoms with Crippen molar-refractivity contribution in [3.63, 3.8) is 0 Å². The minimum atomic E-state index is -0.672. The minimum absolute atomic E-state index is 0.0441. The van der Waals surface area contributed by atoms with Gasteiger partial charge in [-0.05, 0) is 60.7 Å². The Hall–Kier alpha value is -3.04. The number of carbonyl (C=O) groups excluding carboxylic acids is 2. The smallest absolute Gasteiger partial charge is 0.220 e. The second-order valence-corrected chi connectivity index (χ2v) is 9.08. The van der Waals surface area contributed by atoms with Crippen LogP contribution in [0.4, 0.5) is 8.78 Å². The first-order valence-corrected chi connectivity index (χ1v) is 11.5. The molecule has 3 unspecified atom stereocenters. The molecule has 2 amide bonds. The lowest BCUT2D eigenvalue weighted by molar-refractivity contribution is -0.122. The van der Waals surface area contributed by atoms with Crippen molar-refractivity contribution in [2.24, 2.45) is 5.92 Å².